The molecule has 0 unspecified atom stereocenters. The number of benzene rings is 1. The number of rotatable bonds is 4. The van der Waals surface area contributed by atoms with Gasteiger partial charge in [0.15, 0.2) is 0 Å². The number of nitrogens with zero attached hydrogens (tertiary/aromatic N) is 5. The van der Waals surface area contributed by atoms with Gasteiger partial charge in [-0.15, -0.1) is 0 Å². The highest BCUT2D eigenvalue weighted by Crippen LogP contribution is 2.23. The van der Waals surface area contributed by atoms with Crippen molar-refractivity contribution in [2.24, 2.45) is 0 Å². The van der Waals surface area contributed by atoms with Crippen molar-refractivity contribution in [2.75, 3.05) is 31.6 Å². The summed E-state index contributed by atoms with van der Waals surface area (Å²) in [5.41, 5.74) is 3.25. The number of morpholine rings is 1. The molecule has 0 saturated carbocycles. The van der Waals surface area contributed by atoms with Gasteiger partial charge in [0, 0.05) is 42.3 Å². The SMILES string of the molecule is Cc1ccc(Nc2ncc3ccn(-c4ccc(C(=O)N5CCOCC5)c(F)c4)c3n2)nc1C. The van der Waals surface area contributed by atoms with E-state index in [-0.39, 0.29) is 11.5 Å². The lowest BCUT2D eigenvalue weighted by atomic mass is 10.1. The fourth-order valence-electron chi connectivity index (χ4n) is 3.77. The Morgan fingerprint density at radius 3 is 2.67 bits per heavy atom. The lowest BCUT2D eigenvalue weighted by Crippen LogP contribution is -2.41. The fraction of sp³-hybridized carbons (Fsp3) is 0.250. The monoisotopic (exact) mass is 446 g/mol. The van der Waals surface area contributed by atoms with Crippen LogP contribution < -0.4 is 5.32 Å². The number of aromatic nitrogens is 4. The smallest absolute Gasteiger partial charge is 0.256 e. The molecule has 1 aromatic carbocycles. The van der Waals surface area contributed by atoms with Crippen molar-refractivity contribution < 1.29 is 13.9 Å². The molecule has 1 amide bonds. The van der Waals surface area contributed by atoms with E-state index in [1.165, 1.54) is 12.1 Å². The first-order chi connectivity index (χ1) is 16.0. The molecule has 168 valence electrons. The second-order valence-corrected chi connectivity index (χ2v) is 7.95. The number of amides is 1. The topological polar surface area (TPSA) is 85.2 Å². The van der Waals surface area contributed by atoms with E-state index in [2.05, 4.69) is 20.3 Å². The van der Waals surface area contributed by atoms with Gasteiger partial charge in [-0.3, -0.25) is 4.79 Å². The minimum absolute atomic E-state index is 0.0508. The highest BCUT2D eigenvalue weighted by Gasteiger charge is 2.22. The van der Waals surface area contributed by atoms with E-state index < -0.39 is 5.82 Å². The molecule has 33 heavy (non-hydrogen) atoms. The first kappa shape index (κ1) is 21.0. The Hall–Kier alpha value is -3.85. The van der Waals surface area contributed by atoms with Crippen LogP contribution in [-0.2, 0) is 4.74 Å². The van der Waals surface area contributed by atoms with Gasteiger partial charge in [0.05, 0.1) is 18.8 Å². The first-order valence-corrected chi connectivity index (χ1v) is 10.7. The predicted molar refractivity (Wildman–Crippen MR) is 123 cm³/mol. The van der Waals surface area contributed by atoms with Gasteiger partial charge in [-0.1, -0.05) is 6.07 Å². The molecular weight excluding hydrogens is 423 g/mol. The van der Waals surface area contributed by atoms with Crippen LogP contribution in [-0.4, -0.2) is 56.6 Å². The molecule has 0 bridgehead atoms. The van der Waals surface area contributed by atoms with E-state index >= 15 is 0 Å². The zero-order valence-electron chi connectivity index (χ0n) is 18.4. The number of anilines is 2. The third-order valence-electron chi connectivity index (χ3n) is 5.78. The summed E-state index contributed by atoms with van der Waals surface area (Å²) in [5, 5.41) is 3.93. The Labute approximate surface area is 190 Å². The Balaban J connectivity index is 1.44. The lowest BCUT2D eigenvalue weighted by Gasteiger charge is -2.27. The molecule has 8 nitrogen and oxygen atoms in total. The van der Waals surface area contributed by atoms with Crippen LogP contribution in [0, 0.1) is 19.7 Å². The molecule has 4 aromatic rings. The van der Waals surface area contributed by atoms with Gasteiger partial charge in [-0.05, 0) is 49.7 Å². The number of pyridine rings is 1. The van der Waals surface area contributed by atoms with Crippen molar-refractivity contribution in [3.05, 3.63) is 71.4 Å². The number of fused-ring (bicyclic) bond motifs is 1. The number of nitrogens with one attached hydrogen (secondary N) is 1. The summed E-state index contributed by atoms with van der Waals surface area (Å²) >= 11 is 0. The molecule has 9 heteroatoms. The number of carbonyl (C=O) groups is 1. The normalized spacial score (nSPS) is 14.0. The molecular formula is C24H23FN6O2. The Kier molecular flexibility index (Phi) is 5.47. The fourth-order valence-corrected chi connectivity index (χ4v) is 3.77. The van der Waals surface area contributed by atoms with Crippen LogP contribution in [0.2, 0.25) is 0 Å². The predicted octanol–water partition coefficient (Wildman–Crippen LogP) is 3.79. The molecule has 0 aliphatic carbocycles. The summed E-state index contributed by atoms with van der Waals surface area (Å²) in [7, 11) is 0. The molecule has 0 atom stereocenters. The van der Waals surface area contributed by atoms with Crippen LogP contribution in [0.15, 0.2) is 48.8 Å². The van der Waals surface area contributed by atoms with Crippen LogP contribution in [0.25, 0.3) is 16.7 Å². The van der Waals surface area contributed by atoms with Crippen molar-refractivity contribution in [2.45, 2.75) is 13.8 Å². The van der Waals surface area contributed by atoms with E-state index in [1.54, 1.807) is 27.9 Å². The Morgan fingerprint density at radius 1 is 1.09 bits per heavy atom. The number of halogens is 1. The van der Waals surface area contributed by atoms with Crippen molar-refractivity contribution in [1.82, 2.24) is 24.4 Å². The van der Waals surface area contributed by atoms with Gasteiger partial charge in [0.1, 0.15) is 17.3 Å². The molecule has 0 spiro atoms. The van der Waals surface area contributed by atoms with E-state index in [9.17, 15) is 9.18 Å². The van der Waals surface area contributed by atoms with E-state index in [0.717, 1.165) is 16.6 Å². The van der Waals surface area contributed by atoms with Gasteiger partial charge in [-0.25, -0.2) is 14.4 Å². The Bertz CT molecular complexity index is 1350. The average molecular weight is 446 g/mol. The van der Waals surface area contributed by atoms with Crippen molar-refractivity contribution >= 4 is 28.7 Å². The summed E-state index contributed by atoms with van der Waals surface area (Å²) in [6.45, 7) is 5.80. The number of ether oxygens (including phenoxy) is 1. The van der Waals surface area contributed by atoms with Crippen LogP contribution in [0.5, 0.6) is 0 Å². The minimum Gasteiger partial charge on any atom is -0.378 e. The minimum atomic E-state index is -0.572. The number of aryl methyl sites for hydroxylation is 2. The van der Waals surface area contributed by atoms with Gasteiger partial charge in [-0.2, -0.15) is 4.98 Å². The maximum absolute atomic E-state index is 14.9. The number of hydrogen-bond donors (Lipinski definition) is 1. The molecule has 1 aliphatic rings. The lowest BCUT2D eigenvalue weighted by molar-refractivity contribution is 0.0300. The standard InChI is InChI=1S/C24H23FN6O2/c1-15-3-6-21(27-16(15)2)28-24-26-14-17-7-8-31(22(17)29-24)18-4-5-19(20(25)13-18)23(32)30-9-11-33-12-10-30/h3-8,13-14H,9-12H2,1-2H3,(H,26,27,28,29). The van der Waals surface area contributed by atoms with Crippen LogP contribution >= 0.6 is 0 Å². The molecule has 1 saturated heterocycles. The number of hydrogen-bond acceptors (Lipinski definition) is 6. The molecule has 1 aliphatic heterocycles. The molecule has 3 aromatic heterocycles. The summed E-state index contributed by atoms with van der Waals surface area (Å²) in [5.74, 6) is 0.136. The zero-order valence-corrected chi connectivity index (χ0v) is 18.4. The van der Waals surface area contributed by atoms with Gasteiger partial charge in [0.2, 0.25) is 5.95 Å². The molecule has 1 N–H and O–H groups in total. The van der Waals surface area contributed by atoms with Gasteiger partial charge >= 0.3 is 0 Å². The quantitative estimate of drug-likeness (QED) is 0.514. The average Bonchev–Trinajstić information content (AvgIpc) is 3.25. The summed E-state index contributed by atoms with van der Waals surface area (Å²) in [6, 6.07) is 10.3. The van der Waals surface area contributed by atoms with Crippen molar-refractivity contribution in [3.8, 4) is 5.69 Å². The molecule has 5 rings (SSSR count). The van der Waals surface area contributed by atoms with E-state index in [0.29, 0.717) is 49.4 Å². The third kappa shape index (κ3) is 4.14. The number of carbonyl (C=O) groups excluding carboxylic acids is 1. The van der Waals surface area contributed by atoms with Crippen molar-refractivity contribution in [1.29, 1.82) is 0 Å². The van der Waals surface area contributed by atoms with Crippen LogP contribution in [0.4, 0.5) is 16.2 Å². The van der Waals surface area contributed by atoms with Crippen LogP contribution in [0.3, 0.4) is 0 Å². The van der Waals surface area contributed by atoms with E-state index in [4.69, 9.17) is 4.74 Å². The second-order valence-electron chi connectivity index (χ2n) is 7.95. The Morgan fingerprint density at radius 2 is 1.91 bits per heavy atom. The summed E-state index contributed by atoms with van der Waals surface area (Å²) in [6.07, 6.45) is 3.50. The van der Waals surface area contributed by atoms with E-state index in [1.807, 2.05) is 32.0 Å². The van der Waals surface area contributed by atoms with Crippen molar-refractivity contribution in [3.63, 3.8) is 0 Å². The second kappa shape index (κ2) is 8.59. The third-order valence-corrected chi connectivity index (χ3v) is 5.78. The highest BCUT2D eigenvalue weighted by molar-refractivity contribution is 5.95. The largest absolute Gasteiger partial charge is 0.378 e. The molecule has 4 heterocycles. The maximum atomic E-state index is 14.9. The van der Waals surface area contributed by atoms with Gasteiger partial charge in [0.25, 0.3) is 5.91 Å². The molecule has 1 fully saturated rings. The summed E-state index contributed by atoms with van der Waals surface area (Å²) < 4.78 is 22.0. The first-order valence-electron chi connectivity index (χ1n) is 10.7. The highest BCUT2D eigenvalue weighted by atomic mass is 19.1. The molecule has 0 radical (unpaired) electrons. The maximum Gasteiger partial charge on any atom is 0.256 e. The van der Waals surface area contributed by atoms with Gasteiger partial charge < -0.3 is 19.5 Å². The van der Waals surface area contributed by atoms with Crippen LogP contribution in [0.1, 0.15) is 21.6 Å². The summed E-state index contributed by atoms with van der Waals surface area (Å²) in [4.78, 5) is 27.8. The zero-order chi connectivity index (χ0) is 22.9.